The van der Waals surface area contributed by atoms with Crippen LogP contribution in [-0.4, -0.2) is 38.8 Å². The lowest BCUT2D eigenvalue weighted by Crippen LogP contribution is -2.38. The van der Waals surface area contributed by atoms with Crippen LogP contribution in [0.15, 0.2) is 35.3 Å². The topological polar surface area (TPSA) is 96.6 Å². The molecule has 1 aromatic carbocycles. The molecule has 192 valence electrons. The van der Waals surface area contributed by atoms with E-state index in [-0.39, 0.29) is 29.3 Å². The molecule has 1 saturated carbocycles. The van der Waals surface area contributed by atoms with Crippen LogP contribution >= 0.6 is 0 Å². The van der Waals surface area contributed by atoms with Gasteiger partial charge in [-0.15, -0.1) is 0 Å². The highest BCUT2D eigenvalue weighted by atomic mass is 19.1. The highest BCUT2D eigenvalue weighted by Gasteiger charge is 2.44. The number of amides is 2. The molecule has 2 aliphatic heterocycles. The van der Waals surface area contributed by atoms with Gasteiger partial charge in [0, 0.05) is 55.3 Å². The van der Waals surface area contributed by atoms with E-state index in [1.165, 1.54) is 40.9 Å². The number of carbonyl (C=O) groups is 2. The summed E-state index contributed by atoms with van der Waals surface area (Å²) in [5.41, 5.74) is 3.40. The first kappa shape index (κ1) is 23.6. The molecule has 3 aliphatic rings. The number of carbonyl (C=O) groups excluding carboxylic acids is 2. The predicted octanol–water partition coefficient (Wildman–Crippen LogP) is 2.93. The fraction of sp³-hybridized carbons (Fsp3) is 0.370. The minimum atomic E-state index is -1.22. The van der Waals surface area contributed by atoms with E-state index in [1.54, 1.807) is 0 Å². The number of alkyl halides is 1. The van der Waals surface area contributed by atoms with E-state index in [2.05, 4.69) is 9.88 Å². The molecule has 0 saturated heterocycles. The van der Waals surface area contributed by atoms with Crippen molar-refractivity contribution in [3.8, 4) is 11.1 Å². The Balaban J connectivity index is 1.41. The normalized spacial score (nSPS) is 20.1. The van der Waals surface area contributed by atoms with Gasteiger partial charge in [-0.2, -0.15) is 0 Å². The number of aryl methyl sites for hydroxylation is 2. The maximum Gasteiger partial charge on any atom is 0.274 e. The number of pyridine rings is 1. The number of halogens is 2. The van der Waals surface area contributed by atoms with Crippen LogP contribution in [-0.2, 0) is 37.8 Å². The van der Waals surface area contributed by atoms with Crippen LogP contribution in [0.3, 0.4) is 0 Å². The second-order valence-corrected chi connectivity index (χ2v) is 9.97. The maximum absolute atomic E-state index is 15.0. The number of rotatable bonds is 5. The van der Waals surface area contributed by atoms with Crippen LogP contribution in [0.25, 0.3) is 11.1 Å². The van der Waals surface area contributed by atoms with Gasteiger partial charge in [0.2, 0.25) is 5.91 Å². The van der Waals surface area contributed by atoms with Crippen molar-refractivity contribution in [2.24, 2.45) is 13.0 Å². The molecule has 8 nitrogen and oxygen atoms in total. The van der Waals surface area contributed by atoms with Gasteiger partial charge in [-0.1, -0.05) is 0 Å². The Morgan fingerprint density at radius 2 is 1.92 bits per heavy atom. The van der Waals surface area contributed by atoms with Gasteiger partial charge in [-0.3, -0.25) is 14.4 Å². The van der Waals surface area contributed by atoms with Crippen LogP contribution in [0.5, 0.6) is 0 Å². The van der Waals surface area contributed by atoms with Gasteiger partial charge < -0.3 is 24.5 Å². The summed E-state index contributed by atoms with van der Waals surface area (Å²) in [7, 11) is 1.48. The highest BCUT2D eigenvalue weighted by molar-refractivity contribution is 6.09. The lowest BCUT2D eigenvalue weighted by molar-refractivity contribution is -0.117. The molecule has 1 aliphatic carbocycles. The fourth-order valence-corrected chi connectivity index (χ4v) is 5.60. The van der Waals surface area contributed by atoms with E-state index < -0.39 is 36.0 Å². The maximum atomic E-state index is 15.0. The minimum Gasteiger partial charge on any atom is -0.392 e. The van der Waals surface area contributed by atoms with Crippen molar-refractivity contribution in [3.63, 3.8) is 0 Å². The lowest BCUT2D eigenvalue weighted by atomic mass is 9.96. The second-order valence-electron chi connectivity index (χ2n) is 9.97. The van der Waals surface area contributed by atoms with Crippen molar-refractivity contribution < 1.29 is 23.5 Å². The Hall–Kier alpha value is -3.79. The molecule has 4 heterocycles. The van der Waals surface area contributed by atoms with E-state index in [0.29, 0.717) is 29.7 Å². The number of hydrogen-bond acceptors (Lipinski definition) is 4. The molecule has 2 atom stereocenters. The van der Waals surface area contributed by atoms with Gasteiger partial charge in [0.05, 0.1) is 23.8 Å². The van der Waals surface area contributed by atoms with Gasteiger partial charge in [-0.05, 0) is 49.1 Å². The van der Waals surface area contributed by atoms with Crippen LogP contribution in [0, 0.1) is 11.7 Å². The fourth-order valence-electron chi connectivity index (χ4n) is 5.60. The first-order valence-electron chi connectivity index (χ1n) is 12.4. The first-order valence-corrected chi connectivity index (χ1v) is 12.4. The third kappa shape index (κ3) is 3.87. The SMILES string of the molecule is Cn1cc(-c2cc(F)cc(N3CCc4c(cc5n4CCC5)C3=O)c2CO)cc(NC(=O)C2CC2F)c1=O. The molecule has 6 rings (SSSR count). The number of fused-ring (bicyclic) bond motifs is 3. The molecular formula is C27H26F2N4O4. The highest BCUT2D eigenvalue weighted by Crippen LogP contribution is 2.38. The zero-order valence-corrected chi connectivity index (χ0v) is 20.3. The molecule has 2 amide bonds. The smallest absolute Gasteiger partial charge is 0.274 e. The molecule has 0 spiro atoms. The van der Waals surface area contributed by atoms with Gasteiger partial charge in [-0.25, -0.2) is 8.78 Å². The first-order chi connectivity index (χ1) is 17.8. The number of aromatic nitrogens is 2. The zero-order chi connectivity index (χ0) is 26.0. The second kappa shape index (κ2) is 8.65. The third-order valence-electron chi connectivity index (χ3n) is 7.60. The van der Waals surface area contributed by atoms with Gasteiger partial charge >= 0.3 is 0 Å². The van der Waals surface area contributed by atoms with Crippen molar-refractivity contribution in [3.05, 3.63) is 69.1 Å². The van der Waals surface area contributed by atoms with Crippen molar-refractivity contribution in [2.75, 3.05) is 16.8 Å². The Bertz CT molecular complexity index is 1530. The Morgan fingerprint density at radius 3 is 2.65 bits per heavy atom. The molecule has 3 aromatic rings. The quantitative estimate of drug-likeness (QED) is 0.554. The molecule has 2 aromatic heterocycles. The van der Waals surface area contributed by atoms with Gasteiger partial charge in [0.15, 0.2) is 0 Å². The number of nitrogens with zero attached hydrogens (tertiary/aromatic N) is 3. The number of benzene rings is 1. The van der Waals surface area contributed by atoms with Crippen molar-refractivity contribution in [2.45, 2.75) is 45.0 Å². The summed E-state index contributed by atoms with van der Waals surface area (Å²) < 4.78 is 31.8. The standard InChI is InChI=1S/C27H26F2N4O4/c1-31-12-14(7-22(27(31)37)30-25(35)18-11-21(18)29)17-8-15(28)9-24(20(17)13-34)33-6-4-23-19(26(33)36)10-16-3-2-5-32(16)23/h7-10,12,18,21,34H,2-6,11,13H2,1H3,(H,30,35). The van der Waals surface area contributed by atoms with Crippen LogP contribution in [0.4, 0.5) is 20.2 Å². The van der Waals surface area contributed by atoms with Crippen LogP contribution in [0.1, 0.15) is 40.2 Å². The molecule has 37 heavy (non-hydrogen) atoms. The summed E-state index contributed by atoms with van der Waals surface area (Å²) in [5.74, 6) is -2.23. The molecule has 2 N–H and O–H groups in total. The average molecular weight is 509 g/mol. The van der Waals surface area contributed by atoms with Crippen molar-refractivity contribution in [1.82, 2.24) is 9.13 Å². The summed E-state index contributed by atoms with van der Waals surface area (Å²) in [6.07, 6.45) is 2.96. The minimum absolute atomic E-state index is 0.0687. The summed E-state index contributed by atoms with van der Waals surface area (Å²) in [5, 5.41) is 12.8. The van der Waals surface area contributed by atoms with Gasteiger partial charge in [0.1, 0.15) is 17.7 Å². The van der Waals surface area contributed by atoms with E-state index in [9.17, 15) is 28.3 Å². The van der Waals surface area contributed by atoms with Crippen LogP contribution in [0.2, 0.25) is 0 Å². The third-order valence-corrected chi connectivity index (χ3v) is 7.60. The molecule has 0 bridgehead atoms. The Labute approximate surface area is 211 Å². The summed E-state index contributed by atoms with van der Waals surface area (Å²) in [4.78, 5) is 39.9. The zero-order valence-electron chi connectivity index (χ0n) is 20.3. The molecule has 0 radical (unpaired) electrons. The van der Waals surface area contributed by atoms with Gasteiger partial charge in [0.25, 0.3) is 11.5 Å². The van der Waals surface area contributed by atoms with Crippen LogP contribution < -0.4 is 15.8 Å². The number of hydrogen-bond donors (Lipinski definition) is 2. The van der Waals surface area contributed by atoms with Crippen molar-refractivity contribution >= 4 is 23.2 Å². The number of nitrogens with one attached hydrogen (secondary N) is 1. The molecule has 2 unspecified atom stereocenters. The van der Waals surface area contributed by atoms with E-state index in [0.717, 1.165) is 30.8 Å². The Kier molecular flexibility index (Phi) is 5.52. The summed E-state index contributed by atoms with van der Waals surface area (Å²) in [6.45, 7) is 0.748. The molecule has 10 heteroatoms. The van der Waals surface area contributed by atoms with E-state index in [1.807, 2.05) is 6.07 Å². The van der Waals surface area contributed by atoms with Crippen molar-refractivity contribution in [1.29, 1.82) is 0 Å². The van der Waals surface area contributed by atoms with E-state index >= 15 is 0 Å². The molecular weight excluding hydrogens is 482 g/mol. The lowest BCUT2D eigenvalue weighted by Gasteiger charge is -2.30. The summed E-state index contributed by atoms with van der Waals surface area (Å²) in [6, 6.07) is 5.77. The number of aliphatic hydroxyl groups is 1. The predicted molar refractivity (Wildman–Crippen MR) is 133 cm³/mol. The number of aliphatic hydroxyl groups excluding tert-OH is 1. The average Bonchev–Trinajstić information content (AvgIpc) is 3.26. The van der Waals surface area contributed by atoms with E-state index in [4.69, 9.17) is 0 Å². The monoisotopic (exact) mass is 508 g/mol. The Morgan fingerprint density at radius 1 is 1.14 bits per heavy atom. The largest absolute Gasteiger partial charge is 0.392 e. The summed E-state index contributed by atoms with van der Waals surface area (Å²) >= 11 is 0. The number of anilines is 2. The molecule has 1 fully saturated rings.